The number of rotatable bonds is 3. The van der Waals surface area contributed by atoms with E-state index in [2.05, 4.69) is 0 Å². The number of hydrogen-bond acceptors (Lipinski definition) is 4. The van der Waals surface area contributed by atoms with Crippen molar-refractivity contribution < 1.29 is 9.21 Å². The number of hydrogen-bond donors (Lipinski definition) is 0. The van der Waals surface area contributed by atoms with E-state index >= 15 is 0 Å². The highest BCUT2D eigenvalue weighted by Crippen LogP contribution is 2.27. The first kappa shape index (κ1) is 14.1. The van der Waals surface area contributed by atoms with Gasteiger partial charge in [0.05, 0.1) is 5.56 Å². The van der Waals surface area contributed by atoms with Crippen LogP contribution in [-0.4, -0.2) is 19.9 Å². The third-order valence-corrected chi connectivity index (χ3v) is 3.50. The molecule has 3 aromatic rings. The third kappa shape index (κ3) is 2.29. The van der Waals surface area contributed by atoms with E-state index in [-0.39, 0.29) is 11.5 Å². The van der Waals surface area contributed by atoms with Crippen LogP contribution in [0.2, 0.25) is 0 Å². The zero-order valence-electron chi connectivity index (χ0n) is 12.4. The van der Waals surface area contributed by atoms with Crippen molar-refractivity contribution in [3.8, 4) is 0 Å². The quantitative estimate of drug-likeness (QED) is 0.550. The third-order valence-electron chi connectivity index (χ3n) is 3.50. The molecule has 0 fully saturated rings. The Labute approximate surface area is 127 Å². The van der Waals surface area contributed by atoms with Gasteiger partial charge in [0.25, 0.3) is 0 Å². The lowest BCUT2D eigenvalue weighted by Gasteiger charge is -2.16. The van der Waals surface area contributed by atoms with Gasteiger partial charge in [-0.05, 0) is 6.07 Å². The van der Waals surface area contributed by atoms with Gasteiger partial charge in [0, 0.05) is 25.0 Å². The first-order valence-electron chi connectivity index (χ1n) is 6.92. The summed E-state index contributed by atoms with van der Waals surface area (Å²) in [6.07, 6.45) is 0. The van der Waals surface area contributed by atoms with Crippen LogP contribution < -0.4 is 10.5 Å². The summed E-state index contributed by atoms with van der Waals surface area (Å²) in [5.41, 5.74) is 1.09. The second kappa shape index (κ2) is 5.48. The van der Waals surface area contributed by atoms with E-state index in [4.69, 9.17) is 4.42 Å². The Morgan fingerprint density at radius 3 is 2.27 bits per heavy atom. The predicted octanol–water partition coefficient (Wildman–Crippen LogP) is 3.09. The van der Waals surface area contributed by atoms with Gasteiger partial charge in [0.15, 0.2) is 5.78 Å². The summed E-state index contributed by atoms with van der Waals surface area (Å²) in [7, 11) is 3.45. The number of para-hydroxylation sites is 1. The van der Waals surface area contributed by atoms with E-state index in [1.807, 2.05) is 12.1 Å². The lowest BCUT2D eigenvalue weighted by molar-refractivity contribution is 0.104. The molecule has 0 aliphatic heterocycles. The van der Waals surface area contributed by atoms with E-state index < -0.39 is 5.63 Å². The van der Waals surface area contributed by atoms with Crippen molar-refractivity contribution in [1.29, 1.82) is 0 Å². The van der Waals surface area contributed by atoms with Gasteiger partial charge in [-0.1, -0.05) is 48.5 Å². The summed E-state index contributed by atoms with van der Waals surface area (Å²) in [5, 5.41) is 0.639. The molecule has 0 atom stereocenters. The summed E-state index contributed by atoms with van der Waals surface area (Å²) in [5.74, 6) is -0.187. The van der Waals surface area contributed by atoms with Gasteiger partial charge >= 0.3 is 5.63 Å². The average molecular weight is 293 g/mol. The smallest absolute Gasteiger partial charge is 0.360 e. The van der Waals surface area contributed by atoms with Gasteiger partial charge in [0.2, 0.25) is 0 Å². The molecule has 0 bridgehead atoms. The van der Waals surface area contributed by atoms with Crippen molar-refractivity contribution in [2.45, 2.75) is 0 Å². The standard InChI is InChI=1S/C18H15NO3/c1-19(2)16-15(17(20)12-8-4-3-5-9-12)13-10-6-7-11-14(13)22-18(16)21/h3-11H,1-2H3. The predicted molar refractivity (Wildman–Crippen MR) is 86.7 cm³/mol. The van der Waals surface area contributed by atoms with E-state index in [0.29, 0.717) is 22.1 Å². The molecule has 4 heteroatoms. The molecule has 0 N–H and O–H groups in total. The van der Waals surface area contributed by atoms with Crippen LogP contribution in [0.5, 0.6) is 0 Å². The van der Waals surface area contributed by atoms with Gasteiger partial charge in [-0.3, -0.25) is 4.79 Å². The molecule has 0 saturated heterocycles. The van der Waals surface area contributed by atoms with Crippen LogP contribution in [-0.2, 0) is 0 Å². The number of ketones is 1. The highest BCUT2D eigenvalue weighted by molar-refractivity contribution is 6.19. The molecule has 0 radical (unpaired) electrons. The minimum Gasteiger partial charge on any atom is -0.421 e. The number of carbonyl (C=O) groups is 1. The SMILES string of the molecule is CN(C)c1c(C(=O)c2ccccc2)c2ccccc2oc1=O. The molecule has 4 nitrogen and oxygen atoms in total. The van der Waals surface area contributed by atoms with Crippen LogP contribution in [0.15, 0.2) is 63.8 Å². The lowest BCUT2D eigenvalue weighted by atomic mass is 9.98. The topological polar surface area (TPSA) is 50.5 Å². The van der Waals surface area contributed by atoms with Crippen molar-refractivity contribution in [2.75, 3.05) is 19.0 Å². The Bertz CT molecular complexity index is 895. The van der Waals surface area contributed by atoms with Gasteiger partial charge in [-0.15, -0.1) is 0 Å². The summed E-state index contributed by atoms with van der Waals surface area (Å²) < 4.78 is 5.33. The minimum absolute atomic E-state index is 0.187. The normalized spacial score (nSPS) is 10.6. The Kier molecular flexibility index (Phi) is 3.51. The van der Waals surface area contributed by atoms with E-state index in [9.17, 15) is 9.59 Å². The van der Waals surface area contributed by atoms with Crippen LogP contribution in [0.25, 0.3) is 11.0 Å². The number of nitrogens with zero attached hydrogens (tertiary/aromatic N) is 1. The van der Waals surface area contributed by atoms with Crippen LogP contribution in [0, 0.1) is 0 Å². The molecule has 110 valence electrons. The maximum absolute atomic E-state index is 12.9. The molecule has 0 saturated carbocycles. The fraction of sp³-hybridized carbons (Fsp3) is 0.111. The molecule has 0 amide bonds. The molecule has 22 heavy (non-hydrogen) atoms. The molecule has 0 spiro atoms. The minimum atomic E-state index is -0.511. The highest BCUT2D eigenvalue weighted by atomic mass is 16.4. The Morgan fingerprint density at radius 1 is 0.955 bits per heavy atom. The van der Waals surface area contributed by atoms with Crippen LogP contribution in [0.4, 0.5) is 5.69 Å². The molecule has 0 aliphatic rings. The van der Waals surface area contributed by atoms with E-state index in [0.717, 1.165) is 0 Å². The average Bonchev–Trinajstić information content (AvgIpc) is 2.53. The molecule has 1 aromatic heterocycles. The monoisotopic (exact) mass is 293 g/mol. The van der Waals surface area contributed by atoms with Crippen LogP contribution >= 0.6 is 0 Å². The lowest BCUT2D eigenvalue weighted by Crippen LogP contribution is -2.23. The van der Waals surface area contributed by atoms with Gasteiger partial charge < -0.3 is 9.32 Å². The van der Waals surface area contributed by atoms with Crippen molar-refractivity contribution in [3.05, 3.63) is 76.1 Å². The largest absolute Gasteiger partial charge is 0.421 e. The van der Waals surface area contributed by atoms with Gasteiger partial charge in [0.1, 0.15) is 11.3 Å². The van der Waals surface area contributed by atoms with Crippen molar-refractivity contribution in [3.63, 3.8) is 0 Å². The van der Waals surface area contributed by atoms with Crippen LogP contribution in [0.3, 0.4) is 0 Å². The van der Waals surface area contributed by atoms with Crippen molar-refractivity contribution >= 4 is 22.4 Å². The molecular formula is C18H15NO3. The summed E-state index contributed by atoms with van der Waals surface area (Å²) >= 11 is 0. The molecule has 0 aliphatic carbocycles. The Hall–Kier alpha value is -2.88. The maximum Gasteiger partial charge on any atom is 0.360 e. The zero-order valence-corrected chi connectivity index (χ0v) is 12.4. The Balaban J connectivity index is 2.38. The van der Waals surface area contributed by atoms with Crippen molar-refractivity contribution in [1.82, 2.24) is 0 Å². The molecule has 3 rings (SSSR count). The summed E-state index contributed by atoms with van der Waals surface area (Å²) in [6.45, 7) is 0. The molecule has 1 heterocycles. The first-order chi connectivity index (χ1) is 10.6. The molecule has 0 unspecified atom stereocenters. The second-order valence-electron chi connectivity index (χ2n) is 5.20. The second-order valence-corrected chi connectivity index (χ2v) is 5.20. The summed E-state index contributed by atoms with van der Waals surface area (Å²) in [6, 6.07) is 16.0. The van der Waals surface area contributed by atoms with Gasteiger partial charge in [-0.25, -0.2) is 4.79 Å². The number of benzene rings is 2. The number of fused-ring (bicyclic) bond motifs is 1. The molecule has 2 aromatic carbocycles. The van der Waals surface area contributed by atoms with E-state index in [1.165, 1.54) is 0 Å². The summed E-state index contributed by atoms with van der Waals surface area (Å²) in [4.78, 5) is 26.8. The molecular weight excluding hydrogens is 278 g/mol. The fourth-order valence-electron chi connectivity index (χ4n) is 2.51. The Morgan fingerprint density at radius 2 is 1.59 bits per heavy atom. The number of anilines is 1. The first-order valence-corrected chi connectivity index (χ1v) is 6.92. The van der Waals surface area contributed by atoms with Crippen LogP contribution in [0.1, 0.15) is 15.9 Å². The number of carbonyl (C=O) groups excluding carboxylic acids is 1. The fourth-order valence-corrected chi connectivity index (χ4v) is 2.51. The van der Waals surface area contributed by atoms with Crippen molar-refractivity contribution in [2.24, 2.45) is 0 Å². The zero-order chi connectivity index (χ0) is 15.7. The van der Waals surface area contributed by atoms with E-state index in [1.54, 1.807) is 61.5 Å². The van der Waals surface area contributed by atoms with Gasteiger partial charge in [-0.2, -0.15) is 0 Å². The highest BCUT2D eigenvalue weighted by Gasteiger charge is 2.22. The maximum atomic E-state index is 12.9.